The Bertz CT molecular complexity index is 355. The first-order chi connectivity index (χ1) is 7.48. The van der Waals surface area contributed by atoms with Crippen LogP contribution >= 0.6 is 0 Å². The van der Waals surface area contributed by atoms with Crippen molar-refractivity contribution in [3.05, 3.63) is 23.7 Å². The second-order valence-corrected chi connectivity index (χ2v) is 4.43. The van der Waals surface area contributed by atoms with Gasteiger partial charge < -0.3 is 14.8 Å². The lowest BCUT2D eigenvalue weighted by Gasteiger charge is -2.24. The van der Waals surface area contributed by atoms with E-state index in [1.807, 2.05) is 20.8 Å². The van der Waals surface area contributed by atoms with Gasteiger partial charge in [0.2, 0.25) is 0 Å². The van der Waals surface area contributed by atoms with Gasteiger partial charge in [0.05, 0.1) is 0 Å². The number of hydrogen-bond donors (Lipinski definition) is 2. The predicted octanol–water partition coefficient (Wildman–Crippen LogP) is 1.73. The van der Waals surface area contributed by atoms with E-state index in [4.69, 9.17) is 9.52 Å². The molecule has 1 amide bonds. The molecule has 0 aliphatic rings. The third kappa shape index (κ3) is 3.38. The van der Waals surface area contributed by atoms with Crippen LogP contribution in [0.2, 0.25) is 0 Å². The summed E-state index contributed by atoms with van der Waals surface area (Å²) in [7, 11) is 0. The zero-order valence-corrected chi connectivity index (χ0v) is 10.0. The summed E-state index contributed by atoms with van der Waals surface area (Å²) < 4.78 is 5.34. The molecule has 1 rings (SSSR count). The molecular weight excluding hydrogens is 206 g/mol. The summed E-state index contributed by atoms with van der Waals surface area (Å²) in [5.74, 6) is 0.881. The van der Waals surface area contributed by atoms with Crippen LogP contribution in [-0.4, -0.2) is 23.2 Å². The number of furan rings is 1. The molecule has 4 heteroatoms. The van der Waals surface area contributed by atoms with Gasteiger partial charge in [-0.15, -0.1) is 0 Å². The maximum absolute atomic E-state index is 11.8. The monoisotopic (exact) mass is 225 g/mol. The van der Waals surface area contributed by atoms with Crippen LogP contribution in [0.25, 0.3) is 0 Å². The zero-order chi connectivity index (χ0) is 12.2. The van der Waals surface area contributed by atoms with Crippen LogP contribution < -0.4 is 5.32 Å². The molecule has 0 aliphatic carbocycles. The summed E-state index contributed by atoms with van der Waals surface area (Å²) in [5, 5.41) is 11.7. The molecule has 0 spiro atoms. The number of aryl methyl sites for hydroxylation is 1. The van der Waals surface area contributed by atoms with E-state index in [1.165, 1.54) is 0 Å². The summed E-state index contributed by atoms with van der Waals surface area (Å²) in [5.41, 5.74) is -0.426. The average Bonchev–Trinajstić information content (AvgIpc) is 2.64. The van der Waals surface area contributed by atoms with Crippen molar-refractivity contribution in [1.29, 1.82) is 0 Å². The maximum atomic E-state index is 11.8. The van der Waals surface area contributed by atoms with E-state index in [-0.39, 0.29) is 12.5 Å². The summed E-state index contributed by atoms with van der Waals surface area (Å²) >= 11 is 0. The molecule has 2 N–H and O–H groups in total. The molecule has 0 unspecified atom stereocenters. The third-order valence-electron chi connectivity index (χ3n) is 2.42. The highest BCUT2D eigenvalue weighted by atomic mass is 16.3. The number of aliphatic hydroxyl groups is 1. The van der Waals surface area contributed by atoms with Gasteiger partial charge in [-0.1, -0.05) is 6.92 Å². The molecule has 0 saturated heterocycles. The van der Waals surface area contributed by atoms with Crippen LogP contribution in [-0.2, 0) is 6.42 Å². The van der Waals surface area contributed by atoms with Crippen molar-refractivity contribution >= 4 is 5.91 Å². The lowest BCUT2D eigenvalue weighted by Crippen LogP contribution is -2.43. The zero-order valence-electron chi connectivity index (χ0n) is 10.0. The van der Waals surface area contributed by atoms with E-state index in [2.05, 4.69) is 5.32 Å². The van der Waals surface area contributed by atoms with Crippen molar-refractivity contribution in [3.63, 3.8) is 0 Å². The van der Waals surface area contributed by atoms with Gasteiger partial charge in [0.15, 0.2) is 5.76 Å². The Hall–Kier alpha value is -1.29. The molecule has 1 aromatic heterocycles. The Morgan fingerprint density at radius 1 is 1.50 bits per heavy atom. The number of carbonyl (C=O) groups is 1. The fraction of sp³-hybridized carbons (Fsp3) is 0.583. The summed E-state index contributed by atoms with van der Waals surface area (Å²) in [6.07, 6.45) is 1.29. The first-order valence-electron chi connectivity index (χ1n) is 5.50. The predicted molar refractivity (Wildman–Crippen MR) is 61.3 cm³/mol. The highest BCUT2D eigenvalue weighted by Crippen LogP contribution is 2.12. The highest BCUT2D eigenvalue weighted by molar-refractivity contribution is 5.91. The van der Waals surface area contributed by atoms with E-state index in [0.29, 0.717) is 12.2 Å². The molecule has 1 heterocycles. The van der Waals surface area contributed by atoms with Crippen LogP contribution in [0.15, 0.2) is 16.5 Å². The third-order valence-corrected chi connectivity index (χ3v) is 2.42. The van der Waals surface area contributed by atoms with Gasteiger partial charge in [0.1, 0.15) is 5.76 Å². The molecular formula is C12H19NO3. The number of amides is 1. The molecule has 0 radical (unpaired) electrons. The number of rotatable bonds is 5. The first-order valence-corrected chi connectivity index (χ1v) is 5.50. The van der Waals surface area contributed by atoms with Crippen molar-refractivity contribution in [2.75, 3.05) is 6.61 Å². The molecule has 1 aromatic rings. The lowest BCUT2D eigenvalue weighted by molar-refractivity contribution is 0.0869. The number of hydrogen-bond acceptors (Lipinski definition) is 3. The van der Waals surface area contributed by atoms with Gasteiger partial charge in [-0.2, -0.15) is 0 Å². The Kier molecular flexibility index (Phi) is 4.12. The van der Waals surface area contributed by atoms with Crippen LogP contribution in [0.1, 0.15) is 43.5 Å². The average molecular weight is 225 g/mol. The highest BCUT2D eigenvalue weighted by Gasteiger charge is 2.22. The minimum atomic E-state index is -0.426. The maximum Gasteiger partial charge on any atom is 0.287 e. The van der Waals surface area contributed by atoms with Crippen molar-refractivity contribution in [3.8, 4) is 0 Å². The van der Waals surface area contributed by atoms with Gasteiger partial charge in [-0.3, -0.25) is 4.79 Å². The van der Waals surface area contributed by atoms with Crippen molar-refractivity contribution in [2.24, 2.45) is 0 Å². The van der Waals surface area contributed by atoms with Gasteiger partial charge in [0.25, 0.3) is 5.91 Å². The molecule has 0 aliphatic heterocycles. The normalized spacial score (nSPS) is 11.5. The van der Waals surface area contributed by atoms with Crippen molar-refractivity contribution < 1.29 is 14.3 Å². The second-order valence-electron chi connectivity index (χ2n) is 4.43. The summed E-state index contributed by atoms with van der Waals surface area (Å²) in [4.78, 5) is 11.8. The van der Waals surface area contributed by atoms with E-state index in [1.54, 1.807) is 12.1 Å². The Balaban J connectivity index is 2.65. The first kappa shape index (κ1) is 12.8. The number of aliphatic hydroxyl groups excluding tert-OH is 1. The fourth-order valence-electron chi connectivity index (χ4n) is 1.40. The molecule has 0 saturated carbocycles. The summed E-state index contributed by atoms with van der Waals surface area (Å²) in [6.45, 7) is 5.75. The van der Waals surface area contributed by atoms with Gasteiger partial charge >= 0.3 is 0 Å². The van der Waals surface area contributed by atoms with E-state index < -0.39 is 5.54 Å². The van der Waals surface area contributed by atoms with Crippen LogP contribution in [0.3, 0.4) is 0 Å². The lowest BCUT2D eigenvalue weighted by atomic mass is 10.0. The topological polar surface area (TPSA) is 62.5 Å². The van der Waals surface area contributed by atoms with Gasteiger partial charge in [0, 0.05) is 18.6 Å². The largest absolute Gasteiger partial charge is 0.456 e. The Morgan fingerprint density at radius 3 is 2.69 bits per heavy atom. The quantitative estimate of drug-likeness (QED) is 0.802. The Morgan fingerprint density at radius 2 is 2.19 bits per heavy atom. The molecule has 16 heavy (non-hydrogen) atoms. The van der Waals surface area contributed by atoms with E-state index >= 15 is 0 Å². The van der Waals surface area contributed by atoms with Crippen LogP contribution in [0, 0.1) is 0 Å². The molecule has 0 bridgehead atoms. The molecule has 0 fully saturated rings. The van der Waals surface area contributed by atoms with E-state index in [0.717, 1.165) is 12.2 Å². The van der Waals surface area contributed by atoms with Crippen LogP contribution in [0.5, 0.6) is 0 Å². The van der Waals surface area contributed by atoms with Gasteiger partial charge in [-0.25, -0.2) is 0 Å². The standard InChI is InChI=1S/C12H19NO3/c1-4-9-5-6-10(16-9)11(15)13-12(2,3)7-8-14/h5-6,14H,4,7-8H2,1-3H3,(H,13,15). The summed E-state index contributed by atoms with van der Waals surface area (Å²) in [6, 6.07) is 3.47. The molecule has 4 nitrogen and oxygen atoms in total. The fourth-order valence-corrected chi connectivity index (χ4v) is 1.40. The van der Waals surface area contributed by atoms with Crippen molar-refractivity contribution in [1.82, 2.24) is 5.32 Å². The molecule has 0 aromatic carbocycles. The number of carbonyl (C=O) groups excluding carboxylic acids is 1. The van der Waals surface area contributed by atoms with Crippen molar-refractivity contribution in [2.45, 2.75) is 39.2 Å². The number of nitrogens with one attached hydrogen (secondary N) is 1. The van der Waals surface area contributed by atoms with Gasteiger partial charge in [-0.05, 0) is 32.4 Å². The Labute approximate surface area is 95.7 Å². The SMILES string of the molecule is CCc1ccc(C(=O)NC(C)(C)CCO)o1. The molecule has 0 atom stereocenters. The smallest absolute Gasteiger partial charge is 0.287 e. The van der Waals surface area contributed by atoms with Crippen LogP contribution in [0.4, 0.5) is 0 Å². The van der Waals surface area contributed by atoms with E-state index in [9.17, 15) is 4.79 Å². The second kappa shape index (κ2) is 5.16. The minimum absolute atomic E-state index is 0.0473. The molecule has 90 valence electrons. The minimum Gasteiger partial charge on any atom is -0.456 e.